The molecule has 1 aromatic heterocycles. The molecule has 1 aliphatic rings. The van der Waals surface area contributed by atoms with E-state index in [1.807, 2.05) is 0 Å². The molecule has 0 spiro atoms. The van der Waals surface area contributed by atoms with Crippen molar-refractivity contribution in [3.05, 3.63) is 35.5 Å². The summed E-state index contributed by atoms with van der Waals surface area (Å²) < 4.78 is 44.2. The predicted octanol–water partition coefficient (Wildman–Crippen LogP) is 3.24. The van der Waals surface area contributed by atoms with Gasteiger partial charge in [-0.3, -0.25) is 0 Å². The zero-order valence-electron chi connectivity index (χ0n) is 12.3. The molecular formula is C15H14F3N3O2. The Morgan fingerprint density at radius 1 is 1.26 bits per heavy atom. The first-order valence-electron chi connectivity index (χ1n) is 7.14. The van der Waals surface area contributed by atoms with Gasteiger partial charge in [0.05, 0.1) is 12.0 Å². The summed E-state index contributed by atoms with van der Waals surface area (Å²) in [6.07, 6.45) is -4.04. The number of nitrogens with one attached hydrogen (secondary N) is 1. The second-order valence-electron chi connectivity index (χ2n) is 5.40. The lowest BCUT2D eigenvalue weighted by Gasteiger charge is -2.19. The molecule has 5 nitrogen and oxygen atoms in total. The quantitative estimate of drug-likeness (QED) is 0.876. The molecule has 2 aromatic rings. The lowest BCUT2D eigenvalue weighted by Crippen LogP contribution is -2.28. The van der Waals surface area contributed by atoms with E-state index in [4.69, 9.17) is 4.74 Å². The number of esters is 1. The summed E-state index contributed by atoms with van der Waals surface area (Å²) in [5.41, 5.74) is -0.721. The van der Waals surface area contributed by atoms with Gasteiger partial charge in [-0.2, -0.15) is 23.5 Å². The molecular weight excluding hydrogens is 311 g/mol. The van der Waals surface area contributed by atoms with Crippen molar-refractivity contribution in [3.8, 4) is 11.3 Å². The zero-order chi connectivity index (χ0) is 16.7. The number of alkyl halides is 3. The Hall–Kier alpha value is -2.38. The first kappa shape index (κ1) is 15.5. The number of H-pyrrole nitrogens is 1. The molecule has 1 N–H and O–H groups in total. The van der Waals surface area contributed by atoms with Crippen LogP contribution in [0.5, 0.6) is 0 Å². The normalized spacial score (nSPS) is 16.2. The van der Waals surface area contributed by atoms with Crippen LogP contribution in [-0.4, -0.2) is 34.2 Å². The van der Waals surface area contributed by atoms with Crippen molar-refractivity contribution in [1.29, 1.82) is 0 Å². The van der Waals surface area contributed by atoms with Crippen molar-refractivity contribution in [2.45, 2.75) is 31.4 Å². The molecule has 0 amide bonds. The highest BCUT2D eigenvalue weighted by Gasteiger charge is 2.64. The number of halogens is 3. The smallest absolute Gasteiger partial charge is 0.398 e. The van der Waals surface area contributed by atoms with Crippen LogP contribution in [0.4, 0.5) is 13.2 Å². The van der Waals surface area contributed by atoms with E-state index in [0.29, 0.717) is 5.56 Å². The number of ether oxygens (including phenoxy) is 1. The topological polar surface area (TPSA) is 67.9 Å². The lowest BCUT2D eigenvalue weighted by molar-refractivity contribution is -0.160. The molecule has 0 saturated heterocycles. The van der Waals surface area contributed by atoms with E-state index in [2.05, 4.69) is 15.4 Å². The van der Waals surface area contributed by atoms with E-state index >= 15 is 0 Å². The van der Waals surface area contributed by atoms with Crippen molar-refractivity contribution < 1.29 is 22.7 Å². The Balaban J connectivity index is 1.90. The SMILES string of the molecule is CCOC(=O)c1n[nH]nc1-c1ccc(C2(C(F)(F)F)CC2)cc1. The Morgan fingerprint density at radius 2 is 1.91 bits per heavy atom. The number of hydrogen-bond donors (Lipinski definition) is 1. The van der Waals surface area contributed by atoms with Crippen LogP contribution in [0.2, 0.25) is 0 Å². The van der Waals surface area contributed by atoms with E-state index in [1.165, 1.54) is 24.3 Å². The summed E-state index contributed by atoms with van der Waals surface area (Å²) in [7, 11) is 0. The van der Waals surface area contributed by atoms with Gasteiger partial charge in [0, 0.05) is 5.56 Å². The molecule has 1 fully saturated rings. The van der Waals surface area contributed by atoms with Gasteiger partial charge in [0.25, 0.3) is 0 Å². The molecule has 3 rings (SSSR count). The molecule has 1 aliphatic carbocycles. The van der Waals surface area contributed by atoms with Crippen molar-refractivity contribution in [3.63, 3.8) is 0 Å². The monoisotopic (exact) mass is 325 g/mol. The van der Waals surface area contributed by atoms with Crippen molar-refractivity contribution >= 4 is 5.97 Å². The molecule has 0 radical (unpaired) electrons. The first-order valence-corrected chi connectivity index (χ1v) is 7.14. The van der Waals surface area contributed by atoms with E-state index in [-0.39, 0.29) is 36.4 Å². The van der Waals surface area contributed by atoms with Crippen molar-refractivity contribution in [2.24, 2.45) is 0 Å². The summed E-state index contributed by atoms with van der Waals surface area (Å²) in [5.74, 6) is -0.630. The van der Waals surface area contributed by atoms with Crippen molar-refractivity contribution in [1.82, 2.24) is 15.4 Å². The summed E-state index contributed by atoms with van der Waals surface area (Å²) in [6, 6.07) is 5.89. The van der Waals surface area contributed by atoms with Gasteiger partial charge >= 0.3 is 12.1 Å². The highest BCUT2D eigenvalue weighted by molar-refractivity contribution is 5.93. The summed E-state index contributed by atoms with van der Waals surface area (Å²) >= 11 is 0. The standard InChI is InChI=1S/C15H14F3N3O2/c1-2-23-13(22)12-11(19-21-20-12)9-3-5-10(6-4-9)14(7-8-14)15(16,17)18/h3-6H,2,7-8H2,1H3,(H,19,20,21). The molecule has 1 aromatic carbocycles. The number of hydrogen-bond acceptors (Lipinski definition) is 4. The van der Waals surface area contributed by atoms with Gasteiger partial charge in [-0.25, -0.2) is 4.79 Å². The molecule has 0 aliphatic heterocycles. The minimum absolute atomic E-state index is 0.0107. The number of carbonyl (C=O) groups excluding carboxylic acids is 1. The molecule has 0 unspecified atom stereocenters. The number of benzene rings is 1. The molecule has 8 heteroatoms. The minimum atomic E-state index is -4.25. The Labute approximate surface area is 129 Å². The average molecular weight is 325 g/mol. The minimum Gasteiger partial charge on any atom is -0.461 e. The lowest BCUT2D eigenvalue weighted by atomic mass is 9.94. The van der Waals surface area contributed by atoms with Gasteiger partial charge in [0.15, 0.2) is 5.69 Å². The van der Waals surface area contributed by atoms with Gasteiger partial charge in [0.1, 0.15) is 5.69 Å². The highest BCUT2D eigenvalue weighted by Crippen LogP contribution is 2.58. The maximum absolute atomic E-state index is 13.1. The molecule has 0 atom stereocenters. The van der Waals surface area contributed by atoms with Gasteiger partial charge in [0.2, 0.25) is 0 Å². The summed E-state index contributed by atoms with van der Waals surface area (Å²) in [4.78, 5) is 11.8. The maximum atomic E-state index is 13.1. The fraction of sp³-hybridized carbons (Fsp3) is 0.400. The fourth-order valence-electron chi connectivity index (χ4n) is 2.58. The molecule has 1 saturated carbocycles. The van der Waals surface area contributed by atoms with Crippen LogP contribution in [0.15, 0.2) is 24.3 Å². The fourth-order valence-corrected chi connectivity index (χ4v) is 2.58. The average Bonchev–Trinajstić information content (AvgIpc) is 3.19. The van der Waals surface area contributed by atoms with Crippen LogP contribution < -0.4 is 0 Å². The molecule has 1 heterocycles. The van der Waals surface area contributed by atoms with Crippen molar-refractivity contribution in [2.75, 3.05) is 6.61 Å². The zero-order valence-corrected chi connectivity index (χ0v) is 12.3. The molecule has 23 heavy (non-hydrogen) atoms. The second-order valence-corrected chi connectivity index (χ2v) is 5.40. The second kappa shape index (κ2) is 5.36. The number of carbonyl (C=O) groups is 1. The predicted molar refractivity (Wildman–Crippen MR) is 74.7 cm³/mol. The van der Waals surface area contributed by atoms with E-state index in [1.54, 1.807) is 6.92 Å². The van der Waals surface area contributed by atoms with Crippen LogP contribution in [0, 0.1) is 0 Å². The summed E-state index contributed by atoms with van der Waals surface area (Å²) in [5, 5.41) is 9.97. The van der Waals surface area contributed by atoms with E-state index < -0.39 is 17.6 Å². The van der Waals surface area contributed by atoms with Gasteiger partial charge in [-0.05, 0) is 25.3 Å². The van der Waals surface area contributed by atoms with Crippen LogP contribution in [0.1, 0.15) is 35.8 Å². The number of nitrogens with zero attached hydrogens (tertiary/aromatic N) is 2. The Morgan fingerprint density at radius 3 is 2.43 bits per heavy atom. The number of aromatic amines is 1. The molecule has 0 bridgehead atoms. The third-order valence-corrected chi connectivity index (χ3v) is 4.02. The van der Waals surface area contributed by atoms with E-state index in [0.717, 1.165) is 0 Å². The largest absolute Gasteiger partial charge is 0.461 e. The van der Waals surface area contributed by atoms with Gasteiger partial charge in [-0.1, -0.05) is 24.3 Å². The van der Waals surface area contributed by atoms with Crippen LogP contribution in [0.3, 0.4) is 0 Å². The van der Waals surface area contributed by atoms with Crippen LogP contribution >= 0.6 is 0 Å². The molecule has 122 valence electrons. The van der Waals surface area contributed by atoms with Crippen LogP contribution in [-0.2, 0) is 10.2 Å². The summed E-state index contributed by atoms with van der Waals surface area (Å²) in [6.45, 7) is 1.86. The van der Waals surface area contributed by atoms with Gasteiger partial charge in [-0.15, -0.1) is 5.10 Å². The van der Waals surface area contributed by atoms with Crippen LogP contribution in [0.25, 0.3) is 11.3 Å². The third kappa shape index (κ3) is 2.58. The van der Waals surface area contributed by atoms with Gasteiger partial charge < -0.3 is 4.74 Å². The first-order chi connectivity index (χ1) is 10.9. The highest BCUT2D eigenvalue weighted by atomic mass is 19.4. The van der Waals surface area contributed by atoms with E-state index in [9.17, 15) is 18.0 Å². The maximum Gasteiger partial charge on any atom is 0.398 e. The number of rotatable bonds is 4. The Kier molecular flexibility index (Phi) is 3.62. The third-order valence-electron chi connectivity index (χ3n) is 4.02. The number of aromatic nitrogens is 3. The Bertz CT molecular complexity index is 718.